The lowest BCUT2D eigenvalue weighted by Gasteiger charge is -2.10. The normalized spacial score (nSPS) is 10.9. The molecule has 30 heavy (non-hydrogen) atoms. The third kappa shape index (κ3) is 3.41. The molecule has 0 spiro atoms. The summed E-state index contributed by atoms with van der Waals surface area (Å²) in [6.45, 7) is 5.56. The summed E-state index contributed by atoms with van der Waals surface area (Å²) < 4.78 is 1.76. The van der Waals surface area contributed by atoms with E-state index in [4.69, 9.17) is 0 Å². The maximum atomic E-state index is 13.4. The molecular formula is C23H20N4O3. The van der Waals surface area contributed by atoms with Crippen LogP contribution in [0, 0.1) is 30.9 Å². The van der Waals surface area contributed by atoms with Crippen molar-refractivity contribution in [3.8, 4) is 11.3 Å². The number of nitrogens with zero attached hydrogens (tertiary/aromatic N) is 3. The Hall–Kier alpha value is -4.00. The smallest absolute Gasteiger partial charge is 0.274 e. The SMILES string of the molecule is Cc1ccc(-c2nc3ccc(C)cn3c2C(=O)Nc2cccc([N+](=O)[O-])c2C)cc1. The Morgan fingerprint density at radius 3 is 2.40 bits per heavy atom. The van der Waals surface area contributed by atoms with Gasteiger partial charge in [0.1, 0.15) is 17.0 Å². The number of fused-ring (bicyclic) bond motifs is 1. The number of imidazole rings is 1. The molecule has 4 aromatic rings. The van der Waals surface area contributed by atoms with Crippen LogP contribution >= 0.6 is 0 Å². The first-order valence-corrected chi connectivity index (χ1v) is 9.46. The fraction of sp³-hybridized carbons (Fsp3) is 0.130. The third-order valence-electron chi connectivity index (χ3n) is 5.06. The molecule has 1 N–H and O–H groups in total. The molecule has 0 saturated heterocycles. The quantitative estimate of drug-likeness (QED) is 0.382. The van der Waals surface area contributed by atoms with Crippen molar-refractivity contribution in [1.29, 1.82) is 0 Å². The standard InChI is InChI=1S/C23H20N4O3/c1-14-7-10-17(11-8-14)21-22(26-13-15(2)9-12-20(26)25-21)23(28)24-18-5-4-6-19(16(18)3)27(29)30/h4-13H,1-3H3,(H,24,28). The predicted octanol–water partition coefficient (Wildman–Crippen LogP) is 5.09. The van der Waals surface area contributed by atoms with Gasteiger partial charge < -0.3 is 5.32 Å². The van der Waals surface area contributed by atoms with Crippen molar-refractivity contribution in [3.63, 3.8) is 0 Å². The maximum Gasteiger partial charge on any atom is 0.274 e. The third-order valence-corrected chi connectivity index (χ3v) is 5.06. The molecule has 0 unspecified atom stereocenters. The highest BCUT2D eigenvalue weighted by molar-refractivity contribution is 6.08. The number of carbonyl (C=O) groups excluding carboxylic acids is 1. The van der Waals surface area contributed by atoms with Gasteiger partial charge in [0.15, 0.2) is 0 Å². The first-order valence-electron chi connectivity index (χ1n) is 9.46. The summed E-state index contributed by atoms with van der Waals surface area (Å²) in [6.07, 6.45) is 1.86. The number of carbonyl (C=O) groups is 1. The van der Waals surface area contributed by atoms with Crippen LogP contribution in [0.1, 0.15) is 27.2 Å². The van der Waals surface area contributed by atoms with E-state index >= 15 is 0 Å². The maximum absolute atomic E-state index is 13.4. The molecule has 7 heteroatoms. The molecule has 0 fully saturated rings. The second-order valence-electron chi connectivity index (χ2n) is 7.27. The predicted molar refractivity (Wildman–Crippen MR) is 116 cm³/mol. The Kier molecular flexibility index (Phi) is 4.79. The average Bonchev–Trinajstić information content (AvgIpc) is 3.08. The summed E-state index contributed by atoms with van der Waals surface area (Å²) in [6, 6.07) is 16.2. The van der Waals surface area contributed by atoms with Crippen LogP contribution in [0.4, 0.5) is 11.4 Å². The van der Waals surface area contributed by atoms with E-state index in [2.05, 4.69) is 10.3 Å². The van der Waals surface area contributed by atoms with Crippen LogP contribution < -0.4 is 5.32 Å². The zero-order valence-electron chi connectivity index (χ0n) is 16.8. The molecular weight excluding hydrogens is 380 g/mol. The minimum absolute atomic E-state index is 0.0412. The molecule has 7 nitrogen and oxygen atoms in total. The van der Waals surface area contributed by atoms with Crippen molar-refractivity contribution in [2.45, 2.75) is 20.8 Å². The number of pyridine rings is 1. The molecule has 1 amide bonds. The van der Waals surface area contributed by atoms with Crippen LogP contribution in [-0.2, 0) is 0 Å². The molecule has 4 rings (SSSR count). The monoisotopic (exact) mass is 400 g/mol. The van der Waals surface area contributed by atoms with Crippen molar-refractivity contribution in [2.24, 2.45) is 0 Å². The Morgan fingerprint density at radius 1 is 1.00 bits per heavy atom. The average molecular weight is 400 g/mol. The number of nitrogens with one attached hydrogen (secondary N) is 1. The molecule has 2 heterocycles. The highest BCUT2D eigenvalue weighted by atomic mass is 16.6. The fourth-order valence-corrected chi connectivity index (χ4v) is 3.42. The van der Waals surface area contributed by atoms with Gasteiger partial charge in [0.2, 0.25) is 0 Å². The summed E-state index contributed by atoms with van der Waals surface area (Å²) in [5.74, 6) is -0.382. The van der Waals surface area contributed by atoms with Crippen molar-refractivity contribution < 1.29 is 9.72 Å². The van der Waals surface area contributed by atoms with Gasteiger partial charge in [-0.25, -0.2) is 4.98 Å². The Balaban J connectivity index is 1.85. The summed E-state index contributed by atoms with van der Waals surface area (Å²) in [7, 11) is 0. The number of anilines is 1. The van der Waals surface area contributed by atoms with E-state index in [1.165, 1.54) is 6.07 Å². The molecule has 150 valence electrons. The van der Waals surface area contributed by atoms with Gasteiger partial charge >= 0.3 is 0 Å². The Morgan fingerprint density at radius 2 is 1.70 bits per heavy atom. The van der Waals surface area contributed by atoms with Crippen molar-refractivity contribution in [1.82, 2.24) is 9.38 Å². The molecule has 0 atom stereocenters. The van der Waals surface area contributed by atoms with E-state index in [1.54, 1.807) is 23.5 Å². The first-order chi connectivity index (χ1) is 14.3. The highest BCUT2D eigenvalue weighted by Gasteiger charge is 2.22. The topological polar surface area (TPSA) is 89.5 Å². The van der Waals surface area contributed by atoms with Gasteiger partial charge in [0.25, 0.3) is 11.6 Å². The van der Waals surface area contributed by atoms with Crippen molar-refractivity contribution >= 4 is 22.9 Å². The molecule has 0 aliphatic rings. The summed E-state index contributed by atoms with van der Waals surface area (Å²) >= 11 is 0. The zero-order valence-corrected chi connectivity index (χ0v) is 16.8. The summed E-state index contributed by atoms with van der Waals surface area (Å²) in [5, 5.41) is 14.1. The van der Waals surface area contributed by atoms with E-state index < -0.39 is 4.92 Å². The fourth-order valence-electron chi connectivity index (χ4n) is 3.42. The molecule has 0 saturated carbocycles. The van der Waals surface area contributed by atoms with Crippen molar-refractivity contribution in [2.75, 3.05) is 5.32 Å². The highest BCUT2D eigenvalue weighted by Crippen LogP contribution is 2.29. The number of hydrogen-bond acceptors (Lipinski definition) is 4. The van der Waals surface area contributed by atoms with Gasteiger partial charge in [-0.2, -0.15) is 0 Å². The summed E-state index contributed by atoms with van der Waals surface area (Å²) in [4.78, 5) is 28.8. The largest absolute Gasteiger partial charge is 0.320 e. The first kappa shape index (κ1) is 19.3. The number of amides is 1. The number of benzene rings is 2. The Labute approximate surface area is 173 Å². The molecule has 0 bridgehead atoms. The van der Waals surface area contributed by atoms with E-state index in [9.17, 15) is 14.9 Å². The number of aryl methyl sites for hydroxylation is 2. The lowest BCUT2D eigenvalue weighted by Crippen LogP contribution is -2.16. The van der Waals surface area contributed by atoms with Gasteiger partial charge in [-0.3, -0.25) is 19.3 Å². The minimum atomic E-state index is -0.458. The van der Waals surface area contributed by atoms with Crippen LogP contribution in [0.3, 0.4) is 0 Å². The second kappa shape index (κ2) is 7.44. The Bertz CT molecular complexity index is 1290. The van der Waals surface area contributed by atoms with Gasteiger partial charge in [-0.15, -0.1) is 0 Å². The van der Waals surface area contributed by atoms with Crippen LogP contribution in [0.5, 0.6) is 0 Å². The van der Waals surface area contributed by atoms with Crippen LogP contribution in [-0.4, -0.2) is 20.2 Å². The number of hydrogen-bond donors (Lipinski definition) is 1. The van der Waals surface area contributed by atoms with E-state index in [0.29, 0.717) is 28.3 Å². The number of nitro groups is 1. The van der Waals surface area contributed by atoms with E-state index in [-0.39, 0.29) is 11.6 Å². The minimum Gasteiger partial charge on any atom is -0.320 e. The summed E-state index contributed by atoms with van der Waals surface area (Å²) in [5.41, 5.74) is 5.25. The van der Waals surface area contributed by atoms with Gasteiger partial charge in [-0.1, -0.05) is 42.0 Å². The van der Waals surface area contributed by atoms with E-state index in [0.717, 1.165) is 16.7 Å². The van der Waals surface area contributed by atoms with Crippen molar-refractivity contribution in [3.05, 3.63) is 93.3 Å². The van der Waals surface area contributed by atoms with E-state index in [1.807, 2.05) is 56.4 Å². The van der Waals surface area contributed by atoms with Crippen LogP contribution in [0.2, 0.25) is 0 Å². The number of aromatic nitrogens is 2. The molecule has 2 aromatic heterocycles. The molecule has 0 radical (unpaired) electrons. The molecule has 0 aliphatic heterocycles. The van der Waals surface area contributed by atoms with Gasteiger partial charge in [0, 0.05) is 17.8 Å². The number of nitro benzene ring substituents is 1. The lowest BCUT2D eigenvalue weighted by molar-refractivity contribution is -0.385. The molecule has 2 aromatic carbocycles. The van der Waals surface area contributed by atoms with Crippen LogP contribution in [0.15, 0.2) is 60.8 Å². The second-order valence-corrected chi connectivity index (χ2v) is 7.27. The number of rotatable bonds is 4. The molecule has 0 aliphatic carbocycles. The zero-order chi connectivity index (χ0) is 21.4. The van der Waals surface area contributed by atoms with Gasteiger partial charge in [-0.05, 0) is 38.5 Å². The van der Waals surface area contributed by atoms with Gasteiger partial charge in [0.05, 0.1) is 16.2 Å². The van der Waals surface area contributed by atoms with Crippen LogP contribution in [0.25, 0.3) is 16.9 Å². The lowest BCUT2D eigenvalue weighted by atomic mass is 10.1.